The lowest BCUT2D eigenvalue weighted by atomic mass is 10.1. The first-order chi connectivity index (χ1) is 9.63. The molecular weight excluding hydrogens is 318 g/mol. The van der Waals surface area contributed by atoms with Crippen LogP contribution in [0.15, 0.2) is 16.7 Å². The molecule has 20 heavy (non-hydrogen) atoms. The molecule has 1 aliphatic carbocycles. The van der Waals surface area contributed by atoms with Crippen LogP contribution in [0.5, 0.6) is 0 Å². The summed E-state index contributed by atoms with van der Waals surface area (Å²) in [6.45, 7) is 4.72. The van der Waals surface area contributed by atoms with Crippen molar-refractivity contribution in [3.05, 3.63) is 16.7 Å². The van der Waals surface area contributed by atoms with Crippen molar-refractivity contribution in [2.45, 2.75) is 51.6 Å². The van der Waals surface area contributed by atoms with Gasteiger partial charge in [0.1, 0.15) is 10.6 Å². The van der Waals surface area contributed by atoms with E-state index in [1.807, 2.05) is 30.9 Å². The number of hydrogen-bond acceptors (Lipinski definition) is 3. The predicted molar refractivity (Wildman–Crippen MR) is 84.2 cm³/mol. The van der Waals surface area contributed by atoms with Gasteiger partial charge in [-0.1, -0.05) is 12.8 Å². The summed E-state index contributed by atoms with van der Waals surface area (Å²) in [4.78, 5) is 21.4. The Balaban J connectivity index is 2.10. The molecule has 1 fully saturated rings. The average molecular weight is 338 g/mol. The zero-order chi connectivity index (χ0) is 14.3. The Hall–Kier alpha value is -1.10. The summed E-state index contributed by atoms with van der Waals surface area (Å²) in [6.07, 6.45) is 4.83. The van der Waals surface area contributed by atoms with E-state index in [1.54, 1.807) is 0 Å². The number of likely N-dealkylation sites (N-methyl/N-ethyl adjacent to an activating group) is 1. The number of carbonyl (C=O) groups is 1. The van der Waals surface area contributed by atoms with Gasteiger partial charge in [0.25, 0.3) is 0 Å². The van der Waals surface area contributed by atoms with Gasteiger partial charge in [0.05, 0.1) is 5.69 Å². The van der Waals surface area contributed by atoms with E-state index in [-0.39, 0.29) is 11.9 Å². The number of nitrogens with zero attached hydrogens (tertiary/aromatic N) is 3. The summed E-state index contributed by atoms with van der Waals surface area (Å²) >= 11 is 3.46. The summed E-state index contributed by atoms with van der Waals surface area (Å²) in [5.41, 5.74) is 0.950. The van der Waals surface area contributed by atoms with E-state index in [9.17, 15) is 4.79 Å². The lowest BCUT2D eigenvalue weighted by molar-refractivity contribution is -0.120. The molecule has 1 aromatic heterocycles. The van der Waals surface area contributed by atoms with Gasteiger partial charge in [-0.05, 0) is 54.8 Å². The molecule has 0 N–H and O–H groups in total. The minimum atomic E-state index is -0.118. The maximum absolute atomic E-state index is 12.6. The standard InChI is InChI=1S/C15H20BrN3O/c1-3-18-12-8-9-13(16)17-14(12)19(10(2)15(18)20)11-6-4-5-7-11/h8-11H,3-7H2,1-2H3. The number of amides is 1. The molecule has 1 aliphatic heterocycles. The largest absolute Gasteiger partial charge is 0.340 e. The Morgan fingerprint density at radius 2 is 2.05 bits per heavy atom. The van der Waals surface area contributed by atoms with Crippen molar-refractivity contribution in [3.8, 4) is 0 Å². The van der Waals surface area contributed by atoms with E-state index in [2.05, 4.69) is 25.8 Å². The Morgan fingerprint density at radius 1 is 1.35 bits per heavy atom. The van der Waals surface area contributed by atoms with Crippen LogP contribution in [0.3, 0.4) is 0 Å². The maximum atomic E-state index is 12.6. The van der Waals surface area contributed by atoms with Gasteiger partial charge in [-0.2, -0.15) is 0 Å². The van der Waals surface area contributed by atoms with Crippen LogP contribution in [0, 0.1) is 0 Å². The molecule has 1 unspecified atom stereocenters. The lowest BCUT2D eigenvalue weighted by Crippen LogP contribution is -2.55. The highest BCUT2D eigenvalue weighted by Crippen LogP contribution is 2.39. The summed E-state index contributed by atoms with van der Waals surface area (Å²) in [6, 6.07) is 4.25. The third-order valence-corrected chi connectivity index (χ3v) is 4.87. The van der Waals surface area contributed by atoms with Crippen LogP contribution >= 0.6 is 15.9 Å². The average Bonchev–Trinajstić information content (AvgIpc) is 2.94. The molecular formula is C15H20BrN3O. The third kappa shape index (κ3) is 2.12. The first kappa shape index (κ1) is 13.9. The van der Waals surface area contributed by atoms with Gasteiger partial charge >= 0.3 is 0 Å². The van der Waals surface area contributed by atoms with Crippen molar-refractivity contribution in [1.29, 1.82) is 0 Å². The van der Waals surface area contributed by atoms with E-state index in [4.69, 9.17) is 0 Å². The zero-order valence-corrected chi connectivity index (χ0v) is 13.6. The molecule has 5 heteroatoms. The van der Waals surface area contributed by atoms with Crippen LogP contribution < -0.4 is 9.80 Å². The normalized spacial score (nSPS) is 23.4. The molecule has 0 aromatic carbocycles. The number of rotatable bonds is 2. The van der Waals surface area contributed by atoms with E-state index in [1.165, 1.54) is 12.8 Å². The Kier molecular flexibility index (Phi) is 3.71. The summed E-state index contributed by atoms with van der Waals surface area (Å²) < 4.78 is 0.830. The van der Waals surface area contributed by atoms with Gasteiger partial charge < -0.3 is 9.80 Å². The van der Waals surface area contributed by atoms with Crippen molar-refractivity contribution < 1.29 is 4.79 Å². The lowest BCUT2D eigenvalue weighted by Gasteiger charge is -2.43. The van der Waals surface area contributed by atoms with Gasteiger partial charge in [0, 0.05) is 12.6 Å². The molecule has 2 heterocycles. The molecule has 2 aliphatic rings. The number of anilines is 2. The van der Waals surface area contributed by atoms with Crippen molar-refractivity contribution in [2.24, 2.45) is 0 Å². The molecule has 1 aromatic rings. The van der Waals surface area contributed by atoms with Crippen molar-refractivity contribution >= 4 is 33.3 Å². The fraction of sp³-hybridized carbons (Fsp3) is 0.600. The fourth-order valence-electron chi connectivity index (χ4n) is 3.46. The summed E-state index contributed by atoms with van der Waals surface area (Å²) in [7, 11) is 0. The van der Waals surface area contributed by atoms with E-state index in [0.717, 1.165) is 29.0 Å². The molecule has 3 rings (SSSR count). The molecule has 108 valence electrons. The monoisotopic (exact) mass is 337 g/mol. The quantitative estimate of drug-likeness (QED) is 0.776. The number of fused-ring (bicyclic) bond motifs is 1. The minimum absolute atomic E-state index is 0.118. The second-order valence-electron chi connectivity index (χ2n) is 5.58. The molecule has 0 saturated heterocycles. The van der Waals surface area contributed by atoms with E-state index >= 15 is 0 Å². The van der Waals surface area contributed by atoms with E-state index < -0.39 is 0 Å². The number of hydrogen-bond donors (Lipinski definition) is 0. The topological polar surface area (TPSA) is 36.4 Å². The van der Waals surface area contributed by atoms with Crippen molar-refractivity contribution in [1.82, 2.24) is 4.98 Å². The van der Waals surface area contributed by atoms with Gasteiger partial charge in [0.2, 0.25) is 5.91 Å². The van der Waals surface area contributed by atoms with Gasteiger partial charge in [-0.15, -0.1) is 0 Å². The highest BCUT2D eigenvalue weighted by Gasteiger charge is 2.39. The number of pyridine rings is 1. The van der Waals surface area contributed by atoms with Gasteiger partial charge in [0.15, 0.2) is 5.82 Å². The Labute approximate surface area is 128 Å². The SMILES string of the molecule is CCN1C(=O)C(C)N(C2CCCC2)c2nc(Br)ccc21. The number of aromatic nitrogens is 1. The second kappa shape index (κ2) is 5.35. The molecule has 1 saturated carbocycles. The van der Waals surface area contributed by atoms with Crippen molar-refractivity contribution in [2.75, 3.05) is 16.3 Å². The Morgan fingerprint density at radius 3 is 2.70 bits per heavy atom. The molecule has 4 nitrogen and oxygen atoms in total. The minimum Gasteiger partial charge on any atom is -0.340 e. The summed E-state index contributed by atoms with van der Waals surface area (Å²) in [5.74, 6) is 1.15. The fourth-order valence-corrected chi connectivity index (χ4v) is 3.76. The first-order valence-corrected chi connectivity index (χ1v) is 8.19. The zero-order valence-electron chi connectivity index (χ0n) is 12.0. The van der Waals surface area contributed by atoms with Crippen LogP contribution in [0.2, 0.25) is 0 Å². The predicted octanol–water partition coefficient (Wildman–Crippen LogP) is 3.35. The molecule has 1 atom stereocenters. The van der Waals surface area contributed by atoms with Crippen LogP contribution in [-0.4, -0.2) is 29.5 Å². The molecule has 0 bridgehead atoms. The molecule has 1 amide bonds. The van der Waals surface area contributed by atoms with Gasteiger partial charge in [-0.3, -0.25) is 4.79 Å². The smallest absolute Gasteiger partial charge is 0.249 e. The molecule has 0 spiro atoms. The first-order valence-electron chi connectivity index (χ1n) is 7.39. The second-order valence-corrected chi connectivity index (χ2v) is 6.39. The van der Waals surface area contributed by atoms with Crippen LogP contribution in [0.4, 0.5) is 11.5 Å². The van der Waals surface area contributed by atoms with Crippen molar-refractivity contribution in [3.63, 3.8) is 0 Å². The van der Waals surface area contributed by atoms with Crippen LogP contribution in [0.1, 0.15) is 39.5 Å². The van der Waals surface area contributed by atoms with Crippen LogP contribution in [-0.2, 0) is 4.79 Å². The maximum Gasteiger partial charge on any atom is 0.249 e. The number of halogens is 1. The number of carbonyl (C=O) groups excluding carboxylic acids is 1. The molecule has 0 radical (unpaired) electrons. The van der Waals surface area contributed by atoms with E-state index in [0.29, 0.717) is 12.6 Å². The third-order valence-electron chi connectivity index (χ3n) is 4.43. The van der Waals surface area contributed by atoms with Crippen LogP contribution in [0.25, 0.3) is 0 Å². The van der Waals surface area contributed by atoms with Gasteiger partial charge in [-0.25, -0.2) is 4.98 Å². The highest BCUT2D eigenvalue weighted by atomic mass is 79.9. The highest BCUT2D eigenvalue weighted by molar-refractivity contribution is 9.10. The Bertz CT molecular complexity index is 528. The summed E-state index contributed by atoms with van der Waals surface area (Å²) in [5, 5.41) is 0.